The van der Waals surface area contributed by atoms with Gasteiger partial charge in [0, 0.05) is 70.0 Å². The number of aromatic hydroxyl groups is 1. The van der Waals surface area contributed by atoms with E-state index in [1.165, 1.54) is 29.4 Å². The van der Waals surface area contributed by atoms with E-state index in [1.807, 2.05) is 18.2 Å². The highest BCUT2D eigenvalue weighted by atomic mass is 16.5. The monoisotopic (exact) mass is 785 g/mol. The second-order valence-electron chi connectivity index (χ2n) is 15.6. The number of nitrogen functional groups attached to an aromatic ring is 1. The highest BCUT2D eigenvalue weighted by Crippen LogP contribution is 2.48. The fourth-order valence-corrected chi connectivity index (χ4v) is 8.64. The van der Waals surface area contributed by atoms with Gasteiger partial charge >= 0.3 is 0 Å². The lowest BCUT2D eigenvalue weighted by Gasteiger charge is -2.45. The molecule has 4 aromatic rings. The topological polar surface area (TPSA) is 195 Å². The zero-order valence-corrected chi connectivity index (χ0v) is 31.8. The summed E-state index contributed by atoms with van der Waals surface area (Å²) < 4.78 is 5.79. The SMILES string of the molecule is Nc1nnc(-c2ccccc2O)cc1N1CCN(c2cccc(CN3CCN(C(=O)COc4ccc5c(c4)C(=O)N(C4CCC(=O)NC4=O)C5=O)CC3)c2)C2(CC2)C1. The quantitative estimate of drug-likeness (QED) is 0.210. The molecule has 58 heavy (non-hydrogen) atoms. The van der Waals surface area contributed by atoms with Crippen molar-refractivity contribution in [3.05, 3.63) is 89.5 Å². The van der Waals surface area contributed by atoms with Gasteiger partial charge in [-0.25, -0.2) is 0 Å². The summed E-state index contributed by atoms with van der Waals surface area (Å²) in [6, 6.07) is 21.1. The Morgan fingerprint density at radius 3 is 2.43 bits per heavy atom. The van der Waals surface area contributed by atoms with E-state index in [9.17, 15) is 29.1 Å². The fraction of sp³-hybridized carbons (Fsp3) is 0.357. The minimum absolute atomic E-state index is 0.00141. The van der Waals surface area contributed by atoms with Crippen molar-refractivity contribution in [2.75, 3.05) is 68.0 Å². The zero-order valence-electron chi connectivity index (χ0n) is 31.8. The molecule has 3 aromatic carbocycles. The van der Waals surface area contributed by atoms with Crippen LogP contribution in [0.4, 0.5) is 17.2 Å². The van der Waals surface area contributed by atoms with Gasteiger partial charge in [-0.15, -0.1) is 10.2 Å². The molecule has 0 bridgehead atoms. The van der Waals surface area contributed by atoms with E-state index in [2.05, 4.69) is 54.5 Å². The van der Waals surface area contributed by atoms with E-state index in [4.69, 9.17) is 10.5 Å². The van der Waals surface area contributed by atoms with Crippen molar-refractivity contribution in [3.8, 4) is 22.8 Å². The van der Waals surface area contributed by atoms with Crippen LogP contribution in [-0.4, -0.2) is 124 Å². The van der Waals surface area contributed by atoms with E-state index in [0.29, 0.717) is 43.3 Å². The largest absolute Gasteiger partial charge is 0.507 e. The molecular formula is C42H43N9O7. The summed E-state index contributed by atoms with van der Waals surface area (Å²) in [5.74, 6) is -1.73. The standard InChI is InChI=1S/C42H43N9O7/c43-38-34(22-32(45-46-38)30-6-1-2-7-35(30)52)49-18-19-50(42(25-49)12-13-42)27-5-3-4-26(20-27)23-47-14-16-48(17-15-47)37(54)24-58-28-8-9-29-31(21-28)41(57)51(40(29)56)33-10-11-36(53)44-39(33)55/h1-9,20-22,33,52H,10-19,23-25H2,(H2,43,46)(H,44,53,55). The number of benzene rings is 3. The van der Waals surface area contributed by atoms with Crippen LogP contribution in [0.2, 0.25) is 0 Å². The van der Waals surface area contributed by atoms with Gasteiger partial charge < -0.3 is 30.3 Å². The van der Waals surface area contributed by atoms with Gasteiger partial charge in [-0.1, -0.05) is 24.3 Å². The molecule has 4 fully saturated rings. The molecule has 1 unspecified atom stereocenters. The van der Waals surface area contributed by atoms with Crippen LogP contribution in [0.5, 0.6) is 11.5 Å². The maximum atomic E-state index is 13.2. The molecule has 1 saturated carbocycles. The number of hydrogen-bond acceptors (Lipinski definition) is 13. The molecule has 1 spiro atoms. The maximum Gasteiger partial charge on any atom is 0.262 e. The number of nitrogens with one attached hydrogen (secondary N) is 1. The van der Waals surface area contributed by atoms with Crippen molar-refractivity contribution in [1.29, 1.82) is 0 Å². The first-order valence-corrected chi connectivity index (χ1v) is 19.6. The van der Waals surface area contributed by atoms with Crippen LogP contribution >= 0.6 is 0 Å². The lowest BCUT2D eigenvalue weighted by molar-refractivity contribution is -0.136. The Kier molecular flexibility index (Phi) is 9.42. The number of imide groups is 2. The Morgan fingerprint density at radius 1 is 0.862 bits per heavy atom. The third-order valence-electron chi connectivity index (χ3n) is 11.9. The van der Waals surface area contributed by atoms with Crippen molar-refractivity contribution in [2.45, 2.75) is 43.8 Å². The summed E-state index contributed by atoms with van der Waals surface area (Å²) in [7, 11) is 0. The smallest absolute Gasteiger partial charge is 0.262 e. The number of carbonyl (C=O) groups is 5. The molecule has 3 saturated heterocycles. The van der Waals surface area contributed by atoms with Crippen molar-refractivity contribution in [3.63, 3.8) is 0 Å². The Hall–Kier alpha value is -6.55. The molecule has 1 atom stereocenters. The molecular weight excluding hydrogens is 743 g/mol. The molecule has 5 heterocycles. The molecule has 5 aliphatic rings. The highest BCUT2D eigenvalue weighted by molar-refractivity contribution is 6.23. The van der Waals surface area contributed by atoms with Gasteiger partial charge in [0.2, 0.25) is 11.8 Å². The van der Waals surface area contributed by atoms with E-state index in [1.54, 1.807) is 17.0 Å². The van der Waals surface area contributed by atoms with Gasteiger partial charge in [-0.3, -0.25) is 39.1 Å². The van der Waals surface area contributed by atoms with Crippen molar-refractivity contribution >= 4 is 46.7 Å². The number of para-hydroxylation sites is 1. The predicted octanol–water partition coefficient (Wildman–Crippen LogP) is 2.42. The molecule has 0 radical (unpaired) electrons. The Labute approximate surface area is 334 Å². The first-order valence-electron chi connectivity index (χ1n) is 19.6. The lowest BCUT2D eigenvalue weighted by atomic mass is 10.0. The number of rotatable bonds is 9. The number of piperazine rings is 2. The molecule has 16 heteroatoms. The van der Waals surface area contributed by atoms with Gasteiger partial charge in [0.15, 0.2) is 12.4 Å². The van der Waals surface area contributed by atoms with Crippen LogP contribution in [0, 0.1) is 0 Å². The summed E-state index contributed by atoms with van der Waals surface area (Å²) in [5.41, 5.74) is 11.0. The summed E-state index contributed by atoms with van der Waals surface area (Å²) in [5, 5.41) is 21.1. The number of ether oxygens (including phenoxy) is 1. The van der Waals surface area contributed by atoms with Gasteiger partial charge in [0.1, 0.15) is 17.5 Å². The second kappa shape index (κ2) is 14.8. The normalized spacial score (nSPS) is 20.4. The van der Waals surface area contributed by atoms with Crippen LogP contribution in [0.1, 0.15) is 52.0 Å². The van der Waals surface area contributed by atoms with Gasteiger partial charge in [0.25, 0.3) is 17.7 Å². The van der Waals surface area contributed by atoms with Crippen molar-refractivity contribution in [2.24, 2.45) is 0 Å². The number of piperidine rings is 1. The number of carbonyl (C=O) groups excluding carboxylic acids is 5. The average molecular weight is 786 g/mol. The summed E-state index contributed by atoms with van der Waals surface area (Å²) >= 11 is 0. The molecule has 4 aliphatic heterocycles. The Bertz CT molecular complexity index is 2340. The van der Waals surface area contributed by atoms with E-state index >= 15 is 0 Å². The first kappa shape index (κ1) is 37.1. The number of aromatic nitrogens is 2. The minimum Gasteiger partial charge on any atom is -0.507 e. The van der Waals surface area contributed by atoms with Crippen LogP contribution in [0.15, 0.2) is 72.8 Å². The number of amides is 5. The minimum atomic E-state index is -1.06. The van der Waals surface area contributed by atoms with E-state index in [0.717, 1.165) is 49.6 Å². The zero-order chi connectivity index (χ0) is 40.1. The second-order valence-corrected chi connectivity index (χ2v) is 15.6. The molecule has 1 aliphatic carbocycles. The Morgan fingerprint density at radius 2 is 1.66 bits per heavy atom. The number of phenols is 1. The van der Waals surface area contributed by atoms with Crippen molar-refractivity contribution < 1.29 is 33.8 Å². The Balaban J connectivity index is 0.775. The summed E-state index contributed by atoms with van der Waals surface area (Å²) in [4.78, 5) is 73.1. The van der Waals surface area contributed by atoms with Crippen LogP contribution in [0.25, 0.3) is 11.3 Å². The maximum absolute atomic E-state index is 13.2. The van der Waals surface area contributed by atoms with Crippen LogP contribution in [0.3, 0.4) is 0 Å². The molecule has 16 nitrogen and oxygen atoms in total. The lowest BCUT2D eigenvalue weighted by Crippen LogP contribution is -2.55. The average Bonchev–Trinajstić information content (AvgIpc) is 3.94. The summed E-state index contributed by atoms with van der Waals surface area (Å²) in [6.07, 6.45) is 2.26. The molecule has 4 N–H and O–H groups in total. The first-order chi connectivity index (χ1) is 28.1. The fourth-order valence-electron chi connectivity index (χ4n) is 8.64. The predicted molar refractivity (Wildman–Crippen MR) is 212 cm³/mol. The number of phenolic OH excluding ortho intramolecular Hbond substituents is 1. The van der Waals surface area contributed by atoms with E-state index in [-0.39, 0.29) is 53.5 Å². The molecule has 298 valence electrons. The number of fused-ring (bicyclic) bond motifs is 1. The third-order valence-corrected chi connectivity index (χ3v) is 11.9. The van der Waals surface area contributed by atoms with Gasteiger partial charge in [0.05, 0.1) is 28.0 Å². The number of nitrogens with two attached hydrogens (primary N) is 1. The highest BCUT2D eigenvalue weighted by Gasteiger charge is 2.52. The van der Waals surface area contributed by atoms with Crippen LogP contribution in [-0.2, 0) is 20.9 Å². The molecule has 1 aromatic heterocycles. The summed E-state index contributed by atoms with van der Waals surface area (Å²) in [6.45, 7) is 5.41. The number of hydrogen-bond donors (Lipinski definition) is 3. The number of anilines is 3. The number of nitrogens with zero attached hydrogens (tertiary/aromatic N) is 7. The van der Waals surface area contributed by atoms with Gasteiger partial charge in [-0.05, 0) is 73.4 Å². The van der Waals surface area contributed by atoms with Gasteiger partial charge in [-0.2, -0.15) is 0 Å². The third kappa shape index (κ3) is 6.93. The van der Waals surface area contributed by atoms with Crippen LogP contribution < -0.4 is 25.6 Å². The van der Waals surface area contributed by atoms with E-state index < -0.39 is 29.7 Å². The molecule has 9 rings (SSSR count). The van der Waals surface area contributed by atoms with Crippen molar-refractivity contribution in [1.82, 2.24) is 30.2 Å². The molecule has 5 amide bonds.